The second-order valence-electron chi connectivity index (χ2n) is 7.73. The number of benzene rings is 4. The smallest absolute Gasteiger partial charge is 0.195 e. The Hall–Kier alpha value is -4.04. The van der Waals surface area contributed by atoms with Crippen LogP contribution in [0, 0.1) is 35.1 Å². The van der Waals surface area contributed by atoms with Gasteiger partial charge < -0.3 is 4.74 Å². The summed E-state index contributed by atoms with van der Waals surface area (Å²) in [5.41, 5.74) is 2.60. The van der Waals surface area contributed by atoms with Crippen molar-refractivity contribution in [3.05, 3.63) is 125 Å². The fourth-order valence-corrected chi connectivity index (χ4v) is 3.53. The van der Waals surface area contributed by atoms with E-state index in [2.05, 4.69) is 18.4 Å². The van der Waals surface area contributed by atoms with Crippen LogP contribution < -0.4 is 4.74 Å². The van der Waals surface area contributed by atoms with Gasteiger partial charge >= 0.3 is 0 Å². The highest BCUT2D eigenvalue weighted by molar-refractivity contribution is 5.84. The standard InChI is InChI=1S/C29H20F4O/c1-2-15-34-24-12-7-19(8-13-24)3-4-21-6-11-22(26(30)17-21)10-5-20-9-14-25-23(16-20)18-27(31)29(33)28(25)32/h2,6-9,11-14,16-18H,1,3-4,15H2. The van der Waals surface area contributed by atoms with Crippen molar-refractivity contribution in [3.8, 4) is 17.6 Å². The van der Waals surface area contributed by atoms with Crippen molar-refractivity contribution in [1.82, 2.24) is 0 Å². The monoisotopic (exact) mass is 460 g/mol. The Labute approximate surface area is 195 Å². The molecule has 170 valence electrons. The Kier molecular flexibility index (Phi) is 6.98. The largest absolute Gasteiger partial charge is 0.490 e. The number of aryl methyl sites for hydroxylation is 2. The zero-order valence-corrected chi connectivity index (χ0v) is 18.2. The van der Waals surface area contributed by atoms with E-state index in [0.717, 1.165) is 29.4 Å². The van der Waals surface area contributed by atoms with Crippen LogP contribution in [0.15, 0.2) is 79.4 Å². The van der Waals surface area contributed by atoms with Gasteiger partial charge in [0.2, 0.25) is 0 Å². The van der Waals surface area contributed by atoms with Crippen molar-refractivity contribution in [1.29, 1.82) is 0 Å². The molecular weight excluding hydrogens is 440 g/mol. The molecular formula is C29H20F4O. The highest BCUT2D eigenvalue weighted by Gasteiger charge is 2.13. The van der Waals surface area contributed by atoms with Crippen molar-refractivity contribution >= 4 is 10.8 Å². The van der Waals surface area contributed by atoms with Crippen LogP contribution in [-0.4, -0.2) is 6.61 Å². The van der Waals surface area contributed by atoms with E-state index in [-0.39, 0.29) is 16.3 Å². The van der Waals surface area contributed by atoms with Gasteiger partial charge in [0.1, 0.15) is 18.2 Å². The Morgan fingerprint density at radius 2 is 1.47 bits per heavy atom. The summed E-state index contributed by atoms with van der Waals surface area (Å²) in [4.78, 5) is 0. The molecule has 34 heavy (non-hydrogen) atoms. The van der Waals surface area contributed by atoms with Gasteiger partial charge in [-0.1, -0.05) is 48.8 Å². The van der Waals surface area contributed by atoms with Crippen molar-refractivity contribution in [3.63, 3.8) is 0 Å². The van der Waals surface area contributed by atoms with E-state index < -0.39 is 23.3 Å². The van der Waals surface area contributed by atoms with Crippen LogP contribution in [0.2, 0.25) is 0 Å². The molecule has 0 heterocycles. The molecule has 0 unspecified atom stereocenters. The molecule has 0 aliphatic carbocycles. The van der Waals surface area contributed by atoms with Gasteiger partial charge in [-0.3, -0.25) is 0 Å². The number of rotatable bonds is 6. The lowest BCUT2D eigenvalue weighted by molar-refractivity contribution is 0.363. The molecule has 0 spiro atoms. The summed E-state index contributed by atoms with van der Waals surface area (Å²) < 4.78 is 60.8. The normalized spacial score (nSPS) is 10.6. The van der Waals surface area contributed by atoms with E-state index >= 15 is 0 Å². The molecule has 0 amide bonds. The number of hydrogen-bond donors (Lipinski definition) is 0. The number of ether oxygens (including phenoxy) is 1. The van der Waals surface area contributed by atoms with E-state index in [1.54, 1.807) is 12.1 Å². The second-order valence-corrected chi connectivity index (χ2v) is 7.73. The molecule has 0 aliphatic heterocycles. The maximum atomic E-state index is 14.6. The molecule has 4 rings (SSSR count). The first-order valence-corrected chi connectivity index (χ1v) is 10.6. The van der Waals surface area contributed by atoms with Crippen LogP contribution in [0.5, 0.6) is 5.75 Å². The van der Waals surface area contributed by atoms with Crippen molar-refractivity contribution in [2.75, 3.05) is 6.61 Å². The lowest BCUT2D eigenvalue weighted by Gasteiger charge is -2.06. The van der Waals surface area contributed by atoms with Gasteiger partial charge in [0.15, 0.2) is 17.5 Å². The van der Waals surface area contributed by atoms with Crippen LogP contribution >= 0.6 is 0 Å². The van der Waals surface area contributed by atoms with E-state index in [1.807, 2.05) is 30.3 Å². The van der Waals surface area contributed by atoms with Crippen LogP contribution in [0.3, 0.4) is 0 Å². The van der Waals surface area contributed by atoms with Crippen molar-refractivity contribution < 1.29 is 22.3 Å². The first-order valence-electron chi connectivity index (χ1n) is 10.6. The zero-order chi connectivity index (χ0) is 24.1. The van der Waals surface area contributed by atoms with Crippen molar-refractivity contribution in [2.45, 2.75) is 12.8 Å². The molecule has 0 aliphatic rings. The lowest BCUT2D eigenvalue weighted by atomic mass is 10.0. The molecule has 1 nitrogen and oxygen atoms in total. The minimum atomic E-state index is -1.51. The first-order chi connectivity index (χ1) is 16.4. The lowest BCUT2D eigenvalue weighted by Crippen LogP contribution is -1.95. The number of hydrogen-bond acceptors (Lipinski definition) is 1. The summed E-state index contributed by atoms with van der Waals surface area (Å²) in [5, 5.41) is 0.137. The number of halogens is 4. The zero-order valence-electron chi connectivity index (χ0n) is 18.2. The Bertz CT molecular complexity index is 1410. The molecule has 0 N–H and O–H groups in total. The van der Waals surface area contributed by atoms with Crippen LogP contribution in [0.25, 0.3) is 10.8 Å². The molecule has 0 atom stereocenters. The SMILES string of the molecule is C=CCOc1ccc(CCc2ccc(C#Cc3ccc4c(F)c(F)c(F)cc4c3)c(F)c2)cc1. The average Bonchev–Trinajstić information content (AvgIpc) is 2.84. The molecule has 4 aromatic carbocycles. The summed E-state index contributed by atoms with van der Waals surface area (Å²) in [6.45, 7) is 4.07. The van der Waals surface area contributed by atoms with E-state index in [9.17, 15) is 17.6 Å². The van der Waals surface area contributed by atoms with E-state index in [0.29, 0.717) is 18.6 Å². The van der Waals surface area contributed by atoms with Gasteiger partial charge in [0.05, 0.1) is 5.56 Å². The molecule has 0 saturated heterocycles. The predicted octanol–water partition coefficient (Wildman–Crippen LogP) is 7.15. The quantitative estimate of drug-likeness (QED) is 0.129. The van der Waals surface area contributed by atoms with Crippen molar-refractivity contribution in [2.24, 2.45) is 0 Å². The van der Waals surface area contributed by atoms with Gasteiger partial charge in [-0.2, -0.15) is 0 Å². The Morgan fingerprint density at radius 1 is 0.735 bits per heavy atom. The maximum Gasteiger partial charge on any atom is 0.195 e. The Balaban J connectivity index is 1.45. The minimum Gasteiger partial charge on any atom is -0.490 e. The third-order valence-electron chi connectivity index (χ3n) is 5.34. The second kappa shape index (κ2) is 10.3. The summed E-state index contributed by atoms with van der Waals surface area (Å²) in [5.74, 6) is 1.85. The van der Waals surface area contributed by atoms with E-state index in [1.165, 1.54) is 24.3 Å². The molecule has 0 fully saturated rings. The molecule has 0 bridgehead atoms. The molecule has 0 radical (unpaired) electrons. The summed E-state index contributed by atoms with van der Waals surface area (Å²) in [7, 11) is 0. The van der Waals surface area contributed by atoms with Crippen LogP contribution in [0.4, 0.5) is 17.6 Å². The van der Waals surface area contributed by atoms with Gasteiger partial charge in [0, 0.05) is 10.9 Å². The fraction of sp³-hybridized carbons (Fsp3) is 0.103. The van der Waals surface area contributed by atoms with Crippen LogP contribution in [-0.2, 0) is 12.8 Å². The molecule has 4 aromatic rings. The summed E-state index contributed by atoms with van der Waals surface area (Å²) >= 11 is 0. The summed E-state index contributed by atoms with van der Waals surface area (Å²) in [6.07, 6.45) is 3.09. The molecule has 5 heteroatoms. The fourth-order valence-electron chi connectivity index (χ4n) is 3.53. The minimum absolute atomic E-state index is 0.0427. The topological polar surface area (TPSA) is 9.23 Å². The molecule has 0 aromatic heterocycles. The average molecular weight is 460 g/mol. The van der Waals surface area contributed by atoms with Gasteiger partial charge in [0.25, 0.3) is 0 Å². The van der Waals surface area contributed by atoms with Gasteiger partial charge in [-0.25, -0.2) is 17.6 Å². The Morgan fingerprint density at radius 3 is 2.21 bits per heavy atom. The van der Waals surface area contributed by atoms with E-state index in [4.69, 9.17) is 4.74 Å². The van der Waals surface area contributed by atoms with Gasteiger partial charge in [-0.15, -0.1) is 0 Å². The van der Waals surface area contributed by atoms with Gasteiger partial charge in [-0.05, 0) is 71.8 Å². The van der Waals surface area contributed by atoms with Crippen LogP contribution in [0.1, 0.15) is 22.3 Å². The third kappa shape index (κ3) is 5.29. The maximum absolute atomic E-state index is 14.6. The molecule has 0 saturated carbocycles. The highest BCUT2D eigenvalue weighted by Crippen LogP contribution is 2.24. The summed E-state index contributed by atoms with van der Waals surface area (Å²) in [6, 6.07) is 17.8. The number of fused-ring (bicyclic) bond motifs is 1. The highest BCUT2D eigenvalue weighted by atomic mass is 19.2. The first kappa shape index (κ1) is 23.1. The predicted molar refractivity (Wildman–Crippen MR) is 126 cm³/mol. The third-order valence-corrected chi connectivity index (χ3v) is 5.34.